The zero-order valence-electron chi connectivity index (χ0n) is 14.2. The Balaban J connectivity index is 1.54. The number of carbonyl (C=O) groups excluding carboxylic acids is 2. The summed E-state index contributed by atoms with van der Waals surface area (Å²) < 4.78 is 0. The lowest BCUT2D eigenvalue weighted by atomic mass is 10.1. The van der Waals surface area contributed by atoms with Crippen LogP contribution < -0.4 is 10.6 Å². The molecule has 0 radical (unpaired) electrons. The minimum atomic E-state index is -0.305. The summed E-state index contributed by atoms with van der Waals surface area (Å²) in [5.41, 5.74) is 3.37. The Morgan fingerprint density at radius 3 is 2.64 bits per heavy atom. The Kier molecular flexibility index (Phi) is 5.04. The van der Waals surface area contributed by atoms with Crippen molar-refractivity contribution in [1.29, 1.82) is 0 Å². The molecule has 2 atom stereocenters. The van der Waals surface area contributed by atoms with Crippen molar-refractivity contribution in [1.82, 2.24) is 10.3 Å². The number of anilines is 1. The topological polar surface area (TPSA) is 71.1 Å². The Hall–Kier alpha value is -2.40. The first kappa shape index (κ1) is 17.4. The molecule has 1 aromatic heterocycles. The summed E-state index contributed by atoms with van der Waals surface area (Å²) in [6.45, 7) is 4.22. The second-order valence-electron chi connectivity index (χ2n) is 6.42. The largest absolute Gasteiger partial charge is 0.350 e. The van der Waals surface area contributed by atoms with E-state index in [9.17, 15) is 9.59 Å². The van der Waals surface area contributed by atoms with E-state index in [-0.39, 0.29) is 23.7 Å². The minimum absolute atomic E-state index is 0.113. The molecule has 1 saturated carbocycles. The molecule has 6 heteroatoms. The van der Waals surface area contributed by atoms with Gasteiger partial charge in [0.15, 0.2) is 0 Å². The van der Waals surface area contributed by atoms with Crippen LogP contribution in [-0.2, 0) is 16.1 Å². The molecular weight excluding hydrogens is 338 g/mol. The average molecular weight is 358 g/mol. The van der Waals surface area contributed by atoms with Gasteiger partial charge in [-0.3, -0.25) is 14.6 Å². The molecule has 1 aromatic carbocycles. The van der Waals surface area contributed by atoms with Crippen LogP contribution in [0.25, 0.3) is 0 Å². The zero-order valence-corrected chi connectivity index (χ0v) is 14.9. The van der Waals surface area contributed by atoms with Gasteiger partial charge in [-0.25, -0.2) is 0 Å². The van der Waals surface area contributed by atoms with Gasteiger partial charge in [0.05, 0.1) is 34.8 Å². The molecule has 130 valence electrons. The number of nitrogens with zero attached hydrogens (tertiary/aromatic N) is 1. The Morgan fingerprint density at radius 1 is 1.20 bits per heavy atom. The first-order chi connectivity index (χ1) is 12.0. The maximum atomic E-state index is 12.4. The summed E-state index contributed by atoms with van der Waals surface area (Å²) in [5, 5.41) is 6.21. The lowest BCUT2D eigenvalue weighted by molar-refractivity contribution is -0.125. The van der Waals surface area contributed by atoms with Crippen LogP contribution in [0.1, 0.15) is 23.2 Å². The summed E-state index contributed by atoms with van der Waals surface area (Å²) in [6.07, 6.45) is 2.24. The molecule has 0 saturated heterocycles. The highest BCUT2D eigenvalue weighted by Gasteiger charge is 2.48. The number of aromatic nitrogens is 1. The smallest absolute Gasteiger partial charge is 0.228 e. The van der Waals surface area contributed by atoms with Gasteiger partial charge in [0, 0.05) is 6.20 Å². The molecule has 1 fully saturated rings. The van der Waals surface area contributed by atoms with Crippen LogP contribution in [0.3, 0.4) is 0 Å². The number of halogens is 1. The monoisotopic (exact) mass is 357 g/mol. The molecule has 0 aliphatic heterocycles. The van der Waals surface area contributed by atoms with Crippen LogP contribution in [0.2, 0.25) is 5.02 Å². The van der Waals surface area contributed by atoms with Crippen LogP contribution in [0.15, 0.2) is 36.5 Å². The van der Waals surface area contributed by atoms with Crippen molar-refractivity contribution in [3.05, 3.63) is 58.4 Å². The standard InChI is InChI=1S/C19H20ClN3O2/c1-11-7-12(2)17(16(20)8-11)23-19(25)15-9-14(15)18(24)22-10-13-5-3-4-6-21-13/h3-8,14-15H,9-10H2,1-2H3,(H,22,24)(H,23,25). The lowest BCUT2D eigenvalue weighted by Crippen LogP contribution is -2.27. The predicted molar refractivity (Wildman–Crippen MR) is 97.2 cm³/mol. The first-order valence-electron chi connectivity index (χ1n) is 8.21. The number of aryl methyl sites for hydroxylation is 2. The predicted octanol–water partition coefficient (Wildman–Crippen LogP) is 3.24. The highest BCUT2D eigenvalue weighted by Crippen LogP contribution is 2.40. The lowest BCUT2D eigenvalue weighted by Gasteiger charge is -2.11. The van der Waals surface area contributed by atoms with E-state index < -0.39 is 0 Å². The van der Waals surface area contributed by atoms with E-state index in [2.05, 4.69) is 15.6 Å². The van der Waals surface area contributed by atoms with Gasteiger partial charge < -0.3 is 10.6 Å². The second-order valence-corrected chi connectivity index (χ2v) is 6.82. The Morgan fingerprint density at radius 2 is 1.96 bits per heavy atom. The average Bonchev–Trinajstić information content (AvgIpc) is 3.37. The van der Waals surface area contributed by atoms with Crippen LogP contribution in [0.4, 0.5) is 5.69 Å². The number of pyridine rings is 1. The van der Waals surface area contributed by atoms with E-state index in [1.54, 1.807) is 6.20 Å². The van der Waals surface area contributed by atoms with Gasteiger partial charge >= 0.3 is 0 Å². The molecule has 2 unspecified atom stereocenters. The van der Waals surface area contributed by atoms with Crippen LogP contribution in [-0.4, -0.2) is 16.8 Å². The summed E-state index contributed by atoms with van der Waals surface area (Å²) >= 11 is 6.22. The third-order valence-corrected chi connectivity index (χ3v) is 4.61. The normalized spacial score (nSPS) is 18.5. The van der Waals surface area contributed by atoms with Crippen LogP contribution in [0, 0.1) is 25.7 Å². The van der Waals surface area contributed by atoms with Crippen molar-refractivity contribution < 1.29 is 9.59 Å². The van der Waals surface area contributed by atoms with Crippen molar-refractivity contribution in [2.75, 3.05) is 5.32 Å². The molecule has 1 heterocycles. The van der Waals surface area contributed by atoms with E-state index in [1.165, 1.54) is 0 Å². The molecule has 2 N–H and O–H groups in total. The van der Waals surface area contributed by atoms with Gasteiger partial charge in [-0.2, -0.15) is 0 Å². The second kappa shape index (κ2) is 7.23. The number of amides is 2. The molecular formula is C19H20ClN3O2. The van der Waals surface area contributed by atoms with Gasteiger partial charge in [-0.05, 0) is 49.6 Å². The molecule has 2 aromatic rings. The van der Waals surface area contributed by atoms with Crippen molar-refractivity contribution in [3.8, 4) is 0 Å². The summed E-state index contributed by atoms with van der Waals surface area (Å²) in [5.74, 6) is -0.863. The number of hydrogen-bond donors (Lipinski definition) is 2. The number of benzene rings is 1. The highest BCUT2D eigenvalue weighted by molar-refractivity contribution is 6.34. The number of rotatable bonds is 5. The van der Waals surface area contributed by atoms with Crippen molar-refractivity contribution in [3.63, 3.8) is 0 Å². The van der Waals surface area contributed by atoms with E-state index >= 15 is 0 Å². The van der Waals surface area contributed by atoms with Crippen molar-refractivity contribution >= 4 is 29.1 Å². The molecule has 25 heavy (non-hydrogen) atoms. The van der Waals surface area contributed by atoms with Gasteiger partial charge in [-0.15, -0.1) is 0 Å². The van der Waals surface area contributed by atoms with E-state index in [4.69, 9.17) is 11.6 Å². The molecule has 0 spiro atoms. The van der Waals surface area contributed by atoms with Crippen molar-refractivity contribution in [2.24, 2.45) is 11.8 Å². The van der Waals surface area contributed by atoms with Gasteiger partial charge in [-0.1, -0.05) is 23.7 Å². The van der Waals surface area contributed by atoms with Gasteiger partial charge in [0.25, 0.3) is 0 Å². The van der Waals surface area contributed by atoms with E-state index in [0.717, 1.165) is 16.8 Å². The molecule has 1 aliphatic carbocycles. The van der Waals surface area contributed by atoms with Crippen LogP contribution in [0.5, 0.6) is 0 Å². The highest BCUT2D eigenvalue weighted by atomic mass is 35.5. The van der Waals surface area contributed by atoms with Gasteiger partial charge in [0.2, 0.25) is 11.8 Å². The fourth-order valence-electron chi connectivity index (χ4n) is 2.88. The van der Waals surface area contributed by atoms with Crippen LogP contribution >= 0.6 is 11.6 Å². The van der Waals surface area contributed by atoms with Crippen molar-refractivity contribution in [2.45, 2.75) is 26.8 Å². The fraction of sp³-hybridized carbons (Fsp3) is 0.316. The first-order valence-corrected chi connectivity index (χ1v) is 8.58. The minimum Gasteiger partial charge on any atom is -0.350 e. The molecule has 3 rings (SSSR count). The third-order valence-electron chi connectivity index (χ3n) is 4.31. The maximum Gasteiger partial charge on any atom is 0.228 e. The summed E-state index contributed by atoms with van der Waals surface area (Å²) in [6, 6.07) is 9.32. The molecule has 0 bridgehead atoms. The summed E-state index contributed by atoms with van der Waals surface area (Å²) in [7, 11) is 0. The Labute approximate surface area is 151 Å². The van der Waals surface area contributed by atoms with Gasteiger partial charge in [0.1, 0.15) is 0 Å². The number of nitrogens with one attached hydrogen (secondary N) is 2. The molecule has 5 nitrogen and oxygen atoms in total. The number of carbonyl (C=O) groups is 2. The Bertz CT molecular complexity index is 785. The van der Waals surface area contributed by atoms with E-state index in [1.807, 2.05) is 44.2 Å². The maximum absolute atomic E-state index is 12.4. The zero-order chi connectivity index (χ0) is 18.0. The summed E-state index contributed by atoms with van der Waals surface area (Å²) in [4.78, 5) is 28.7. The quantitative estimate of drug-likeness (QED) is 0.862. The third kappa shape index (κ3) is 4.17. The SMILES string of the molecule is Cc1cc(C)c(NC(=O)C2CC2C(=O)NCc2ccccn2)c(Cl)c1. The molecule has 1 aliphatic rings. The number of hydrogen-bond acceptors (Lipinski definition) is 3. The molecule has 2 amide bonds. The fourth-order valence-corrected chi connectivity index (χ4v) is 3.24. The van der Waals surface area contributed by atoms with E-state index in [0.29, 0.717) is 23.7 Å².